The summed E-state index contributed by atoms with van der Waals surface area (Å²) < 4.78 is 11.7. The second-order valence-corrected chi connectivity index (χ2v) is 7.65. The zero-order valence-electron chi connectivity index (χ0n) is 16.3. The number of aliphatic imine (C=N–C) groups is 1. The summed E-state index contributed by atoms with van der Waals surface area (Å²) in [5.74, 6) is 0.443. The first kappa shape index (κ1) is 20.9. The maximum Gasteiger partial charge on any atom is 0.344 e. The molecule has 0 atom stereocenters. The van der Waals surface area contributed by atoms with Gasteiger partial charge in [0.25, 0.3) is 0 Å². The van der Waals surface area contributed by atoms with Crippen LogP contribution >= 0.6 is 22.6 Å². The van der Waals surface area contributed by atoms with Crippen LogP contribution < -0.4 is 9.47 Å². The van der Waals surface area contributed by atoms with Gasteiger partial charge >= 0.3 is 5.97 Å². The van der Waals surface area contributed by atoms with E-state index >= 15 is 0 Å². The Morgan fingerprint density at radius 3 is 2.55 bits per heavy atom. The molecule has 0 amide bonds. The topological polar surface area (TPSA) is 68.1 Å². The van der Waals surface area contributed by atoms with Crippen molar-refractivity contribution in [2.45, 2.75) is 13.8 Å². The number of hydrogen-bond acceptors (Lipinski definition) is 5. The first-order valence-corrected chi connectivity index (χ1v) is 9.96. The lowest BCUT2D eigenvalue weighted by Gasteiger charge is -2.10. The van der Waals surface area contributed by atoms with Crippen LogP contribution in [0.2, 0.25) is 0 Å². The second-order valence-electron chi connectivity index (χ2n) is 6.49. The number of methoxy groups -OCH3 is 1. The molecule has 0 aromatic heterocycles. The molecule has 0 aliphatic rings. The lowest BCUT2D eigenvalue weighted by atomic mass is 10.1. The fourth-order valence-corrected chi connectivity index (χ4v) is 3.42. The normalized spacial score (nSPS) is 10.9. The third-order valence-electron chi connectivity index (χ3n) is 4.26. The third-order valence-corrected chi connectivity index (χ3v) is 5.20. The van der Waals surface area contributed by atoms with Gasteiger partial charge in [-0.2, -0.15) is 0 Å². The molecule has 0 heterocycles. The highest BCUT2D eigenvalue weighted by Gasteiger charge is 2.15. The van der Waals surface area contributed by atoms with E-state index in [2.05, 4.69) is 27.6 Å². The molecule has 0 fully saturated rings. The number of phenols is 1. The van der Waals surface area contributed by atoms with Crippen molar-refractivity contribution < 1.29 is 19.4 Å². The van der Waals surface area contributed by atoms with Crippen molar-refractivity contribution in [1.29, 1.82) is 0 Å². The number of aryl methyl sites for hydroxylation is 2. The van der Waals surface area contributed by atoms with E-state index in [4.69, 9.17) is 9.47 Å². The summed E-state index contributed by atoms with van der Waals surface area (Å²) in [4.78, 5) is 16.8. The van der Waals surface area contributed by atoms with E-state index in [-0.39, 0.29) is 5.75 Å². The molecule has 3 rings (SSSR count). The van der Waals surface area contributed by atoms with Gasteiger partial charge < -0.3 is 14.6 Å². The number of carbonyl (C=O) groups is 1. The minimum Gasteiger partial charge on any atom is -0.505 e. The summed E-state index contributed by atoms with van der Waals surface area (Å²) >= 11 is 2.10. The van der Waals surface area contributed by atoms with Gasteiger partial charge in [0.15, 0.2) is 11.5 Å². The van der Waals surface area contributed by atoms with Crippen LogP contribution in [-0.2, 0) is 0 Å². The highest BCUT2D eigenvalue weighted by Crippen LogP contribution is 2.32. The van der Waals surface area contributed by atoms with Gasteiger partial charge in [-0.3, -0.25) is 4.99 Å². The fourth-order valence-electron chi connectivity index (χ4n) is 2.81. The smallest absolute Gasteiger partial charge is 0.344 e. The number of phenolic OH excluding ortho intramolecular Hbond substituents is 1. The molecule has 29 heavy (non-hydrogen) atoms. The Kier molecular flexibility index (Phi) is 6.53. The zero-order chi connectivity index (χ0) is 21.0. The Hall–Kier alpha value is -2.87. The monoisotopic (exact) mass is 501 g/mol. The van der Waals surface area contributed by atoms with Crippen molar-refractivity contribution in [2.24, 2.45) is 4.99 Å². The molecule has 0 radical (unpaired) electrons. The van der Waals surface area contributed by atoms with Crippen molar-refractivity contribution in [3.63, 3.8) is 0 Å². The lowest BCUT2D eigenvalue weighted by Crippen LogP contribution is -2.11. The van der Waals surface area contributed by atoms with Crippen LogP contribution in [0.1, 0.15) is 27.0 Å². The lowest BCUT2D eigenvalue weighted by molar-refractivity contribution is 0.0728. The first-order chi connectivity index (χ1) is 13.9. The molecule has 0 aliphatic heterocycles. The molecular formula is C23H20INO4. The van der Waals surface area contributed by atoms with Gasteiger partial charge in [-0.05, 0) is 89.5 Å². The van der Waals surface area contributed by atoms with Crippen molar-refractivity contribution in [3.8, 4) is 17.2 Å². The van der Waals surface area contributed by atoms with Gasteiger partial charge in [0, 0.05) is 9.78 Å². The molecule has 0 bridgehead atoms. The number of halogens is 1. The van der Waals surface area contributed by atoms with E-state index in [9.17, 15) is 9.90 Å². The Morgan fingerprint density at radius 2 is 1.83 bits per heavy atom. The molecular weight excluding hydrogens is 481 g/mol. The largest absolute Gasteiger partial charge is 0.505 e. The number of carbonyl (C=O) groups excluding carboxylic acids is 1. The van der Waals surface area contributed by atoms with E-state index in [1.54, 1.807) is 36.5 Å². The van der Waals surface area contributed by atoms with Gasteiger partial charge in [0.05, 0.1) is 12.7 Å². The van der Waals surface area contributed by atoms with E-state index in [0.717, 1.165) is 20.3 Å². The molecule has 0 saturated heterocycles. The van der Waals surface area contributed by atoms with Gasteiger partial charge in [-0.1, -0.05) is 18.2 Å². The molecule has 5 nitrogen and oxygen atoms in total. The third kappa shape index (κ3) is 4.95. The van der Waals surface area contributed by atoms with Crippen molar-refractivity contribution in [2.75, 3.05) is 7.11 Å². The Labute approximate surface area is 183 Å². The predicted octanol–water partition coefficient (Wildman–Crippen LogP) is 5.59. The van der Waals surface area contributed by atoms with Gasteiger partial charge in [0.1, 0.15) is 11.4 Å². The van der Waals surface area contributed by atoms with Crippen LogP contribution in [0.4, 0.5) is 5.69 Å². The predicted molar refractivity (Wildman–Crippen MR) is 122 cm³/mol. The van der Waals surface area contributed by atoms with E-state index in [0.29, 0.717) is 22.7 Å². The van der Waals surface area contributed by atoms with Crippen LogP contribution in [0.25, 0.3) is 0 Å². The van der Waals surface area contributed by atoms with Gasteiger partial charge in [-0.25, -0.2) is 4.79 Å². The van der Waals surface area contributed by atoms with Crippen molar-refractivity contribution >= 4 is 40.5 Å². The Bertz CT molecular complexity index is 1090. The summed E-state index contributed by atoms with van der Waals surface area (Å²) in [6.07, 6.45) is 1.63. The molecule has 0 aliphatic carbocycles. The minimum atomic E-state index is -0.449. The Balaban J connectivity index is 1.84. The van der Waals surface area contributed by atoms with Crippen LogP contribution in [-0.4, -0.2) is 24.4 Å². The second kappa shape index (κ2) is 9.09. The molecule has 0 unspecified atom stereocenters. The van der Waals surface area contributed by atoms with Gasteiger partial charge in [-0.15, -0.1) is 0 Å². The number of nitrogens with zero attached hydrogens (tertiary/aromatic N) is 1. The summed E-state index contributed by atoms with van der Waals surface area (Å²) in [5.41, 5.74) is 3.52. The van der Waals surface area contributed by atoms with Crippen LogP contribution in [0, 0.1) is 17.4 Å². The molecule has 0 spiro atoms. The van der Waals surface area contributed by atoms with Crippen LogP contribution in [0.15, 0.2) is 59.6 Å². The van der Waals surface area contributed by atoms with E-state index in [1.165, 1.54) is 7.11 Å². The number of rotatable bonds is 5. The molecule has 148 valence electrons. The van der Waals surface area contributed by atoms with Crippen molar-refractivity contribution in [3.05, 3.63) is 80.4 Å². The number of hydrogen-bond donors (Lipinski definition) is 1. The summed E-state index contributed by atoms with van der Waals surface area (Å²) in [6, 6.07) is 16.1. The first-order valence-electron chi connectivity index (χ1n) is 8.88. The molecule has 6 heteroatoms. The standard InChI is InChI=1S/C23H20INO4/c1-14-10-15(2)22(26)19(11-14)25-13-16-8-9-20(21(12-16)28-3)29-23(27)17-6-4-5-7-18(17)24/h4-13,26H,1-3H3. The molecule has 3 aromatic carbocycles. The summed E-state index contributed by atoms with van der Waals surface area (Å²) in [7, 11) is 1.51. The van der Waals surface area contributed by atoms with Crippen LogP contribution in [0.5, 0.6) is 17.2 Å². The summed E-state index contributed by atoms with van der Waals surface area (Å²) in [5, 5.41) is 10.2. The van der Waals surface area contributed by atoms with Crippen molar-refractivity contribution in [1.82, 2.24) is 0 Å². The van der Waals surface area contributed by atoms with Crippen LogP contribution in [0.3, 0.4) is 0 Å². The highest BCUT2D eigenvalue weighted by atomic mass is 127. The number of ether oxygens (including phenoxy) is 2. The number of aromatic hydroxyl groups is 1. The highest BCUT2D eigenvalue weighted by molar-refractivity contribution is 14.1. The average Bonchev–Trinajstić information content (AvgIpc) is 2.70. The number of benzene rings is 3. The van der Waals surface area contributed by atoms with E-state index in [1.807, 2.05) is 38.1 Å². The maximum atomic E-state index is 12.5. The van der Waals surface area contributed by atoms with Gasteiger partial charge in [0.2, 0.25) is 0 Å². The molecule has 0 saturated carbocycles. The maximum absolute atomic E-state index is 12.5. The zero-order valence-corrected chi connectivity index (χ0v) is 18.4. The number of esters is 1. The SMILES string of the molecule is COc1cc(C=Nc2cc(C)cc(C)c2O)ccc1OC(=O)c1ccccc1I. The van der Waals surface area contributed by atoms with E-state index < -0.39 is 5.97 Å². The molecule has 1 N–H and O–H groups in total. The summed E-state index contributed by atoms with van der Waals surface area (Å²) in [6.45, 7) is 3.78. The quantitative estimate of drug-likeness (QED) is 0.214. The molecule has 3 aromatic rings. The fraction of sp³-hybridized carbons (Fsp3) is 0.130. The minimum absolute atomic E-state index is 0.154. The Morgan fingerprint density at radius 1 is 1.07 bits per heavy atom. The average molecular weight is 501 g/mol.